The first-order valence-corrected chi connectivity index (χ1v) is 6.18. The molecule has 0 aromatic heterocycles. The highest BCUT2D eigenvalue weighted by Gasteiger charge is 2.22. The van der Waals surface area contributed by atoms with Crippen LogP contribution in [0.4, 0.5) is 10.5 Å². The van der Waals surface area contributed by atoms with Crippen LogP contribution in [0.25, 0.3) is 0 Å². The van der Waals surface area contributed by atoms with Crippen molar-refractivity contribution in [2.24, 2.45) is 5.92 Å². The SMILES string of the molecule is N#Cc1ccc(NC(=O)N2CCC(C#N)CC2)cc1. The summed E-state index contributed by atoms with van der Waals surface area (Å²) in [6, 6.07) is 10.9. The van der Waals surface area contributed by atoms with E-state index in [4.69, 9.17) is 10.5 Å². The first kappa shape index (κ1) is 12.9. The lowest BCUT2D eigenvalue weighted by atomic mass is 9.99. The average Bonchev–Trinajstić information content (AvgIpc) is 2.48. The number of piperidine rings is 1. The fourth-order valence-electron chi connectivity index (χ4n) is 2.04. The van der Waals surface area contributed by atoms with E-state index in [1.165, 1.54) is 0 Å². The Hall–Kier alpha value is -2.53. The summed E-state index contributed by atoms with van der Waals surface area (Å²) in [4.78, 5) is 13.7. The van der Waals surface area contributed by atoms with Crippen molar-refractivity contribution in [2.75, 3.05) is 18.4 Å². The van der Waals surface area contributed by atoms with Crippen LogP contribution in [0.1, 0.15) is 18.4 Å². The van der Waals surface area contributed by atoms with E-state index in [-0.39, 0.29) is 11.9 Å². The van der Waals surface area contributed by atoms with Crippen molar-refractivity contribution < 1.29 is 4.79 Å². The molecule has 2 amide bonds. The molecule has 0 unspecified atom stereocenters. The maximum absolute atomic E-state index is 12.0. The minimum atomic E-state index is -0.152. The zero-order valence-electron chi connectivity index (χ0n) is 10.5. The molecule has 1 heterocycles. The minimum Gasteiger partial charge on any atom is -0.324 e. The normalized spacial score (nSPS) is 15.4. The van der Waals surface area contributed by atoms with Gasteiger partial charge in [0.1, 0.15) is 0 Å². The van der Waals surface area contributed by atoms with Crippen LogP contribution < -0.4 is 5.32 Å². The predicted octanol–water partition coefficient (Wildman–Crippen LogP) is 2.33. The molecular weight excluding hydrogens is 240 g/mol. The van der Waals surface area contributed by atoms with E-state index in [0.29, 0.717) is 24.3 Å². The number of hydrogen-bond acceptors (Lipinski definition) is 3. The molecule has 0 saturated carbocycles. The monoisotopic (exact) mass is 254 g/mol. The van der Waals surface area contributed by atoms with E-state index in [0.717, 1.165) is 12.8 Å². The Labute approximate surface area is 112 Å². The number of nitrogens with zero attached hydrogens (tertiary/aromatic N) is 3. The molecule has 0 atom stereocenters. The largest absolute Gasteiger partial charge is 0.324 e. The number of rotatable bonds is 1. The van der Waals surface area contributed by atoms with Gasteiger partial charge in [-0.15, -0.1) is 0 Å². The number of benzene rings is 1. The van der Waals surface area contributed by atoms with E-state index >= 15 is 0 Å². The number of nitrogens with one attached hydrogen (secondary N) is 1. The van der Waals surface area contributed by atoms with Gasteiger partial charge in [0.25, 0.3) is 0 Å². The van der Waals surface area contributed by atoms with Gasteiger partial charge in [-0.3, -0.25) is 0 Å². The van der Waals surface area contributed by atoms with Crippen LogP contribution in [-0.2, 0) is 0 Å². The van der Waals surface area contributed by atoms with Crippen LogP contribution in [0, 0.1) is 28.6 Å². The van der Waals surface area contributed by atoms with Crippen molar-refractivity contribution in [3.05, 3.63) is 29.8 Å². The van der Waals surface area contributed by atoms with Gasteiger partial charge in [0.15, 0.2) is 0 Å². The van der Waals surface area contributed by atoms with Gasteiger partial charge in [0.2, 0.25) is 0 Å². The molecule has 1 aromatic carbocycles. The first-order valence-electron chi connectivity index (χ1n) is 6.18. The standard InChI is InChI=1S/C14H14N4O/c15-9-11-1-3-13(4-2-11)17-14(19)18-7-5-12(10-16)6-8-18/h1-4,12H,5-8H2,(H,17,19). The van der Waals surface area contributed by atoms with Crippen LogP contribution in [0.15, 0.2) is 24.3 Å². The Morgan fingerprint density at radius 2 is 1.84 bits per heavy atom. The molecule has 0 aliphatic carbocycles. The molecule has 2 rings (SSSR count). The summed E-state index contributed by atoms with van der Waals surface area (Å²) in [5.41, 5.74) is 1.24. The van der Waals surface area contributed by atoms with E-state index in [1.54, 1.807) is 29.2 Å². The second-order valence-electron chi connectivity index (χ2n) is 4.51. The maximum atomic E-state index is 12.0. The summed E-state index contributed by atoms with van der Waals surface area (Å²) in [7, 11) is 0. The summed E-state index contributed by atoms with van der Waals surface area (Å²) in [5.74, 6) is 0.0685. The van der Waals surface area contributed by atoms with Gasteiger partial charge in [0, 0.05) is 24.7 Å². The number of likely N-dealkylation sites (tertiary alicyclic amines) is 1. The Morgan fingerprint density at radius 3 is 2.37 bits per heavy atom. The maximum Gasteiger partial charge on any atom is 0.321 e. The van der Waals surface area contributed by atoms with Gasteiger partial charge < -0.3 is 10.2 Å². The van der Waals surface area contributed by atoms with E-state index < -0.39 is 0 Å². The van der Waals surface area contributed by atoms with Crippen LogP contribution in [-0.4, -0.2) is 24.0 Å². The Kier molecular flexibility index (Phi) is 4.00. The average molecular weight is 254 g/mol. The van der Waals surface area contributed by atoms with Crippen molar-refractivity contribution in [1.82, 2.24) is 4.90 Å². The van der Waals surface area contributed by atoms with Crippen LogP contribution in [0.5, 0.6) is 0 Å². The third-order valence-corrected chi connectivity index (χ3v) is 3.23. The Morgan fingerprint density at radius 1 is 1.21 bits per heavy atom. The lowest BCUT2D eigenvalue weighted by molar-refractivity contribution is 0.192. The summed E-state index contributed by atoms with van der Waals surface area (Å²) in [6.07, 6.45) is 1.47. The molecule has 0 radical (unpaired) electrons. The van der Waals surface area contributed by atoms with Gasteiger partial charge in [-0.05, 0) is 37.1 Å². The van der Waals surface area contributed by atoms with Gasteiger partial charge in [0.05, 0.1) is 17.7 Å². The molecule has 5 heteroatoms. The molecule has 19 heavy (non-hydrogen) atoms. The summed E-state index contributed by atoms with van der Waals surface area (Å²) in [5, 5.41) is 20.3. The molecular formula is C14H14N4O. The zero-order valence-corrected chi connectivity index (χ0v) is 10.5. The molecule has 0 spiro atoms. The van der Waals surface area contributed by atoms with Crippen molar-refractivity contribution in [1.29, 1.82) is 10.5 Å². The number of urea groups is 1. The number of hydrogen-bond donors (Lipinski definition) is 1. The van der Waals surface area contributed by atoms with Crippen molar-refractivity contribution in [3.63, 3.8) is 0 Å². The summed E-state index contributed by atoms with van der Waals surface area (Å²) in [6.45, 7) is 1.22. The second kappa shape index (κ2) is 5.88. The third-order valence-electron chi connectivity index (χ3n) is 3.23. The van der Waals surface area contributed by atoms with Gasteiger partial charge in [-0.25, -0.2) is 4.79 Å². The lowest BCUT2D eigenvalue weighted by Crippen LogP contribution is -2.40. The Bertz CT molecular complexity index is 530. The molecule has 1 N–H and O–H groups in total. The number of anilines is 1. The lowest BCUT2D eigenvalue weighted by Gasteiger charge is -2.29. The van der Waals surface area contributed by atoms with Crippen LogP contribution in [0.3, 0.4) is 0 Å². The molecule has 1 aliphatic rings. The predicted molar refractivity (Wildman–Crippen MR) is 70.1 cm³/mol. The Balaban J connectivity index is 1.91. The number of carbonyl (C=O) groups excluding carboxylic acids is 1. The molecule has 0 bridgehead atoms. The van der Waals surface area contributed by atoms with Crippen LogP contribution in [0.2, 0.25) is 0 Å². The van der Waals surface area contributed by atoms with Gasteiger partial charge in [-0.2, -0.15) is 10.5 Å². The second-order valence-corrected chi connectivity index (χ2v) is 4.51. The molecule has 1 saturated heterocycles. The van der Waals surface area contributed by atoms with Crippen molar-refractivity contribution in [2.45, 2.75) is 12.8 Å². The van der Waals surface area contributed by atoms with Crippen molar-refractivity contribution >= 4 is 11.7 Å². The fourth-order valence-corrected chi connectivity index (χ4v) is 2.04. The summed E-state index contributed by atoms with van der Waals surface area (Å²) < 4.78 is 0. The molecule has 96 valence electrons. The molecule has 1 aromatic rings. The molecule has 5 nitrogen and oxygen atoms in total. The summed E-state index contributed by atoms with van der Waals surface area (Å²) >= 11 is 0. The van der Waals surface area contributed by atoms with E-state index in [1.807, 2.05) is 6.07 Å². The van der Waals surface area contributed by atoms with Gasteiger partial charge >= 0.3 is 6.03 Å². The van der Waals surface area contributed by atoms with Crippen LogP contribution >= 0.6 is 0 Å². The van der Waals surface area contributed by atoms with Gasteiger partial charge in [-0.1, -0.05) is 0 Å². The van der Waals surface area contributed by atoms with Crippen molar-refractivity contribution in [3.8, 4) is 12.1 Å². The number of nitriles is 2. The first-order chi connectivity index (χ1) is 9.22. The smallest absolute Gasteiger partial charge is 0.321 e. The zero-order chi connectivity index (χ0) is 13.7. The molecule has 1 aliphatic heterocycles. The van der Waals surface area contributed by atoms with E-state index in [9.17, 15) is 4.79 Å². The fraction of sp³-hybridized carbons (Fsp3) is 0.357. The number of amides is 2. The number of carbonyl (C=O) groups is 1. The third kappa shape index (κ3) is 3.23. The highest BCUT2D eigenvalue weighted by molar-refractivity contribution is 5.89. The minimum absolute atomic E-state index is 0.0685. The highest BCUT2D eigenvalue weighted by atomic mass is 16.2. The topological polar surface area (TPSA) is 79.9 Å². The highest BCUT2D eigenvalue weighted by Crippen LogP contribution is 2.17. The van der Waals surface area contributed by atoms with E-state index in [2.05, 4.69) is 11.4 Å². The quantitative estimate of drug-likeness (QED) is 0.835. The molecule has 1 fully saturated rings.